The molecular formula is C10H14BrNOS. The molecule has 14 heavy (non-hydrogen) atoms. The molecule has 1 aromatic rings. The van der Waals surface area contributed by atoms with Gasteiger partial charge in [-0.1, -0.05) is 15.9 Å². The van der Waals surface area contributed by atoms with Crippen molar-refractivity contribution in [2.45, 2.75) is 26.8 Å². The largest absolute Gasteiger partial charge is 0.349 e. The van der Waals surface area contributed by atoms with Gasteiger partial charge >= 0.3 is 0 Å². The summed E-state index contributed by atoms with van der Waals surface area (Å²) in [4.78, 5) is 12.9. The number of thiophene rings is 1. The normalized spacial score (nSPS) is 12.6. The first-order valence-electron chi connectivity index (χ1n) is 4.47. The number of amides is 1. The first kappa shape index (κ1) is 11.7. The Morgan fingerprint density at radius 3 is 2.71 bits per heavy atom. The fraction of sp³-hybridized carbons (Fsp3) is 0.500. The lowest BCUT2D eigenvalue weighted by Crippen LogP contribution is -2.33. The minimum absolute atomic E-state index is 0.0267. The molecule has 0 aromatic carbocycles. The smallest absolute Gasteiger partial charge is 0.252 e. The fourth-order valence-electron chi connectivity index (χ4n) is 1.08. The van der Waals surface area contributed by atoms with E-state index in [0.717, 1.165) is 16.5 Å². The van der Waals surface area contributed by atoms with Crippen LogP contribution in [0.3, 0.4) is 0 Å². The lowest BCUT2D eigenvalue weighted by atomic mass is 10.1. The van der Waals surface area contributed by atoms with Gasteiger partial charge in [-0.05, 0) is 26.3 Å². The van der Waals surface area contributed by atoms with Crippen molar-refractivity contribution in [1.82, 2.24) is 5.32 Å². The van der Waals surface area contributed by atoms with E-state index in [1.165, 1.54) is 4.88 Å². The van der Waals surface area contributed by atoms with E-state index in [4.69, 9.17) is 0 Å². The number of halogens is 1. The van der Waals surface area contributed by atoms with Crippen LogP contribution in [0.5, 0.6) is 0 Å². The Bertz CT molecular complexity index is 335. The van der Waals surface area contributed by atoms with Crippen LogP contribution in [0.25, 0.3) is 0 Å². The van der Waals surface area contributed by atoms with E-state index in [-0.39, 0.29) is 11.9 Å². The first-order valence-corrected chi connectivity index (χ1v) is 6.48. The van der Waals surface area contributed by atoms with E-state index in [9.17, 15) is 4.79 Å². The van der Waals surface area contributed by atoms with Crippen LogP contribution >= 0.6 is 27.3 Å². The van der Waals surface area contributed by atoms with Gasteiger partial charge in [0.15, 0.2) is 0 Å². The third-order valence-electron chi connectivity index (χ3n) is 2.14. The maximum absolute atomic E-state index is 11.7. The lowest BCUT2D eigenvalue weighted by molar-refractivity contribution is 0.0944. The number of rotatable bonds is 3. The first-order chi connectivity index (χ1) is 6.56. The Hall–Kier alpha value is -0.350. The highest BCUT2D eigenvalue weighted by Gasteiger charge is 2.13. The van der Waals surface area contributed by atoms with Gasteiger partial charge < -0.3 is 5.32 Å². The molecule has 0 radical (unpaired) electrons. The van der Waals surface area contributed by atoms with Crippen molar-refractivity contribution in [1.29, 1.82) is 0 Å². The molecule has 0 aliphatic rings. The van der Waals surface area contributed by atoms with Crippen LogP contribution in [-0.2, 0) is 0 Å². The standard InChI is InChI=1S/C10H14BrNOS/c1-6(4-11)12-10(13)9-5-14-8(3)7(9)2/h5-6H,4H2,1-3H3,(H,12,13). The molecule has 0 aliphatic carbocycles. The summed E-state index contributed by atoms with van der Waals surface area (Å²) in [6.45, 7) is 5.99. The molecule has 1 heterocycles. The van der Waals surface area contributed by atoms with Crippen molar-refractivity contribution < 1.29 is 4.79 Å². The summed E-state index contributed by atoms with van der Waals surface area (Å²) in [6.07, 6.45) is 0. The maximum atomic E-state index is 11.7. The monoisotopic (exact) mass is 275 g/mol. The van der Waals surface area contributed by atoms with Gasteiger partial charge in [-0.3, -0.25) is 4.79 Å². The second-order valence-corrected chi connectivity index (χ2v) is 5.09. The number of alkyl halides is 1. The van der Waals surface area contributed by atoms with E-state index in [1.807, 2.05) is 26.2 Å². The second-order valence-electron chi connectivity index (χ2n) is 3.36. The van der Waals surface area contributed by atoms with Gasteiger partial charge in [0.1, 0.15) is 0 Å². The molecule has 0 fully saturated rings. The highest BCUT2D eigenvalue weighted by Crippen LogP contribution is 2.20. The van der Waals surface area contributed by atoms with E-state index < -0.39 is 0 Å². The Labute approximate surface area is 96.8 Å². The predicted octanol–water partition coefficient (Wildman–Crippen LogP) is 2.88. The number of nitrogens with one attached hydrogen (secondary N) is 1. The molecule has 1 aromatic heterocycles. The zero-order valence-electron chi connectivity index (χ0n) is 8.56. The van der Waals surface area contributed by atoms with E-state index in [0.29, 0.717) is 0 Å². The summed E-state index contributed by atoms with van der Waals surface area (Å²) in [6, 6.07) is 0.169. The van der Waals surface area contributed by atoms with Crippen LogP contribution in [-0.4, -0.2) is 17.3 Å². The quantitative estimate of drug-likeness (QED) is 0.845. The predicted molar refractivity (Wildman–Crippen MR) is 64.5 cm³/mol. The van der Waals surface area contributed by atoms with Crippen LogP contribution in [0.1, 0.15) is 27.7 Å². The van der Waals surface area contributed by atoms with Crippen LogP contribution < -0.4 is 5.32 Å². The minimum Gasteiger partial charge on any atom is -0.349 e. The molecule has 4 heteroatoms. The topological polar surface area (TPSA) is 29.1 Å². The van der Waals surface area contributed by atoms with E-state index in [2.05, 4.69) is 21.2 Å². The van der Waals surface area contributed by atoms with E-state index in [1.54, 1.807) is 11.3 Å². The van der Waals surface area contributed by atoms with Crippen molar-refractivity contribution >= 4 is 33.2 Å². The Kier molecular flexibility index (Phi) is 4.13. The summed E-state index contributed by atoms with van der Waals surface area (Å²) in [7, 11) is 0. The molecular weight excluding hydrogens is 262 g/mol. The fourth-order valence-corrected chi connectivity index (χ4v) is 2.10. The maximum Gasteiger partial charge on any atom is 0.252 e. The molecule has 1 unspecified atom stereocenters. The summed E-state index contributed by atoms with van der Waals surface area (Å²) in [5, 5.41) is 5.62. The van der Waals surface area contributed by atoms with Crippen LogP contribution in [0.2, 0.25) is 0 Å². The molecule has 1 N–H and O–H groups in total. The van der Waals surface area contributed by atoms with Gasteiger partial charge in [0.05, 0.1) is 5.56 Å². The van der Waals surface area contributed by atoms with Crippen LogP contribution in [0.15, 0.2) is 5.38 Å². The van der Waals surface area contributed by atoms with Crippen molar-refractivity contribution in [3.05, 3.63) is 21.4 Å². The lowest BCUT2D eigenvalue weighted by Gasteiger charge is -2.10. The Balaban J connectivity index is 2.75. The van der Waals surface area contributed by atoms with Gasteiger partial charge in [0.2, 0.25) is 0 Å². The molecule has 0 aliphatic heterocycles. The van der Waals surface area contributed by atoms with E-state index >= 15 is 0 Å². The third-order valence-corrected chi connectivity index (χ3v) is 4.12. The number of carbonyl (C=O) groups excluding carboxylic acids is 1. The van der Waals surface area contributed by atoms with Gasteiger partial charge in [-0.15, -0.1) is 11.3 Å². The Morgan fingerprint density at radius 1 is 1.64 bits per heavy atom. The van der Waals surface area contributed by atoms with Gasteiger partial charge in [0.25, 0.3) is 5.91 Å². The van der Waals surface area contributed by atoms with Crippen LogP contribution in [0, 0.1) is 13.8 Å². The molecule has 1 atom stereocenters. The van der Waals surface area contributed by atoms with Gasteiger partial charge in [-0.25, -0.2) is 0 Å². The van der Waals surface area contributed by atoms with Crippen molar-refractivity contribution in [2.75, 3.05) is 5.33 Å². The summed E-state index contributed by atoms with van der Waals surface area (Å²) >= 11 is 4.95. The molecule has 0 spiro atoms. The van der Waals surface area contributed by atoms with Crippen LogP contribution in [0.4, 0.5) is 0 Å². The summed E-state index contributed by atoms with van der Waals surface area (Å²) in [5.74, 6) is 0.0267. The number of aryl methyl sites for hydroxylation is 1. The molecule has 1 rings (SSSR count). The summed E-state index contributed by atoms with van der Waals surface area (Å²) < 4.78 is 0. The Morgan fingerprint density at radius 2 is 2.29 bits per heavy atom. The highest BCUT2D eigenvalue weighted by atomic mass is 79.9. The zero-order chi connectivity index (χ0) is 10.7. The van der Waals surface area contributed by atoms with Gasteiger partial charge in [0, 0.05) is 21.6 Å². The molecule has 78 valence electrons. The number of carbonyl (C=O) groups is 1. The molecule has 0 bridgehead atoms. The molecule has 1 amide bonds. The second kappa shape index (κ2) is 4.94. The minimum atomic E-state index is 0.0267. The summed E-state index contributed by atoms with van der Waals surface area (Å²) in [5.41, 5.74) is 1.90. The zero-order valence-corrected chi connectivity index (χ0v) is 11.0. The highest BCUT2D eigenvalue weighted by molar-refractivity contribution is 9.09. The molecule has 0 saturated carbocycles. The van der Waals surface area contributed by atoms with Crippen molar-refractivity contribution in [3.63, 3.8) is 0 Å². The van der Waals surface area contributed by atoms with Crippen molar-refractivity contribution in [3.8, 4) is 0 Å². The molecule has 2 nitrogen and oxygen atoms in total. The van der Waals surface area contributed by atoms with Crippen molar-refractivity contribution in [2.24, 2.45) is 0 Å². The average Bonchev–Trinajstić information content (AvgIpc) is 2.47. The number of hydrogen-bond donors (Lipinski definition) is 1. The SMILES string of the molecule is Cc1scc(C(=O)NC(C)CBr)c1C. The average molecular weight is 276 g/mol. The van der Waals surface area contributed by atoms with Gasteiger partial charge in [-0.2, -0.15) is 0 Å². The number of hydrogen-bond acceptors (Lipinski definition) is 2. The third kappa shape index (κ3) is 2.58. The molecule has 0 saturated heterocycles.